The summed E-state index contributed by atoms with van der Waals surface area (Å²) in [5.74, 6) is 0.902. The van der Waals surface area contributed by atoms with Crippen LogP contribution in [0.25, 0.3) is 50.0 Å². The molecule has 0 atom stereocenters. The van der Waals surface area contributed by atoms with E-state index in [1.54, 1.807) is 6.33 Å². The van der Waals surface area contributed by atoms with Crippen molar-refractivity contribution in [3.05, 3.63) is 85.3 Å². The zero-order valence-electron chi connectivity index (χ0n) is 14.9. The van der Waals surface area contributed by atoms with E-state index in [4.69, 9.17) is 4.98 Å². The van der Waals surface area contributed by atoms with Gasteiger partial charge >= 0.3 is 0 Å². The number of H-pyrrole nitrogens is 1. The predicted molar refractivity (Wildman–Crippen MR) is 111 cm³/mol. The molecule has 1 N–H and O–H groups in total. The topological polar surface area (TPSA) is 59.4 Å². The fourth-order valence-corrected chi connectivity index (χ4v) is 3.82. The summed E-state index contributed by atoms with van der Waals surface area (Å²) in [4.78, 5) is 17.0. The van der Waals surface area contributed by atoms with Gasteiger partial charge in [0.1, 0.15) is 5.82 Å². The molecule has 6 rings (SSSR count). The fraction of sp³-hybridized carbons (Fsp3) is 0. The van der Waals surface area contributed by atoms with Crippen molar-refractivity contribution in [3.63, 3.8) is 0 Å². The number of nitrogens with zero attached hydrogens (tertiary/aromatic N) is 4. The number of nitrogens with one attached hydrogen (secondary N) is 1. The van der Waals surface area contributed by atoms with Gasteiger partial charge < -0.3 is 4.98 Å². The zero-order valence-corrected chi connectivity index (χ0v) is 14.9. The van der Waals surface area contributed by atoms with Crippen LogP contribution >= 0.6 is 0 Å². The largest absolute Gasteiger partial charge is 0.345 e. The normalized spacial score (nSPS) is 11.6. The maximum absolute atomic E-state index is 4.99. The molecule has 5 heteroatoms. The number of fused-ring (bicyclic) bond motifs is 3. The second-order valence-electron chi connectivity index (χ2n) is 6.74. The molecule has 0 saturated carbocycles. The predicted octanol–water partition coefficient (Wildman–Crippen LogP) is 5.12. The molecule has 5 nitrogen and oxygen atoms in total. The molecule has 28 heavy (non-hydrogen) atoms. The lowest BCUT2D eigenvalue weighted by Crippen LogP contribution is -1.98. The third-order valence-corrected chi connectivity index (χ3v) is 5.11. The average Bonchev–Trinajstić information content (AvgIpc) is 3.37. The van der Waals surface area contributed by atoms with Gasteiger partial charge in [0.25, 0.3) is 0 Å². The Morgan fingerprint density at radius 2 is 1.61 bits per heavy atom. The molecule has 3 aromatic carbocycles. The smallest absolute Gasteiger partial charge is 0.146 e. The van der Waals surface area contributed by atoms with Crippen LogP contribution in [0.4, 0.5) is 0 Å². The molecule has 0 aliphatic rings. The summed E-state index contributed by atoms with van der Waals surface area (Å²) in [6.07, 6.45) is 3.57. The van der Waals surface area contributed by atoms with Gasteiger partial charge in [-0.15, -0.1) is 0 Å². The summed E-state index contributed by atoms with van der Waals surface area (Å²) in [5.41, 5.74) is 7.04. The first-order valence-corrected chi connectivity index (χ1v) is 9.14. The van der Waals surface area contributed by atoms with E-state index >= 15 is 0 Å². The first-order valence-electron chi connectivity index (χ1n) is 9.14. The Bertz CT molecular complexity index is 1470. The zero-order chi connectivity index (χ0) is 18.5. The van der Waals surface area contributed by atoms with Crippen molar-refractivity contribution < 1.29 is 0 Å². The van der Waals surface area contributed by atoms with Gasteiger partial charge in [-0.3, -0.25) is 9.55 Å². The van der Waals surface area contributed by atoms with Gasteiger partial charge in [-0.05, 0) is 42.5 Å². The molecule has 3 aromatic heterocycles. The Kier molecular flexibility index (Phi) is 3.10. The maximum atomic E-state index is 4.99. The summed E-state index contributed by atoms with van der Waals surface area (Å²) in [6, 6.07) is 24.7. The molecular weight excluding hydrogens is 346 g/mol. The minimum Gasteiger partial charge on any atom is -0.345 e. The molecule has 0 amide bonds. The number of para-hydroxylation sites is 3. The van der Waals surface area contributed by atoms with Gasteiger partial charge in [-0.2, -0.15) is 0 Å². The van der Waals surface area contributed by atoms with E-state index in [2.05, 4.69) is 43.8 Å². The highest BCUT2D eigenvalue weighted by Crippen LogP contribution is 2.33. The van der Waals surface area contributed by atoms with Crippen molar-refractivity contribution in [2.45, 2.75) is 0 Å². The van der Waals surface area contributed by atoms with Gasteiger partial charge in [0.15, 0.2) is 0 Å². The monoisotopic (exact) mass is 361 g/mol. The lowest BCUT2D eigenvalue weighted by molar-refractivity contribution is 1.11. The Balaban J connectivity index is 1.72. The van der Waals surface area contributed by atoms with Crippen molar-refractivity contribution in [2.75, 3.05) is 0 Å². The van der Waals surface area contributed by atoms with Crippen molar-refractivity contribution in [2.24, 2.45) is 0 Å². The molecule has 0 unspecified atom stereocenters. The summed E-state index contributed by atoms with van der Waals surface area (Å²) < 4.78 is 2.21. The Morgan fingerprint density at radius 1 is 0.750 bits per heavy atom. The van der Waals surface area contributed by atoms with E-state index in [0.29, 0.717) is 0 Å². The molecule has 0 aliphatic heterocycles. The van der Waals surface area contributed by atoms with Crippen molar-refractivity contribution in [1.29, 1.82) is 0 Å². The van der Waals surface area contributed by atoms with Crippen LogP contribution in [0.5, 0.6) is 0 Å². The van der Waals surface area contributed by atoms with Crippen LogP contribution in [-0.4, -0.2) is 24.5 Å². The Labute approximate surface area is 160 Å². The number of imidazole rings is 2. The van der Waals surface area contributed by atoms with Crippen LogP contribution < -0.4 is 0 Å². The van der Waals surface area contributed by atoms with Crippen molar-refractivity contribution in [1.82, 2.24) is 24.5 Å². The second kappa shape index (κ2) is 5.76. The molecule has 3 heterocycles. The van der Waals surface area contributed by atoms with E-state index in [1.807, 2.05) is 54.7 Å². The minimum absolute atomic E-state index is 0.902. The summed E-state index contributed by atoms with van der Waals surface area (Å²) >= 11 is 0. The number of hydrogen-bond donors (Lipinski definition) is 1. The first-order chi connectivity index (χ1) is 13.9. The van der Waals surface area contributed by atoms with Gasteiger partial charge in [0, 0.05) is 22.8 Å². The number of aromatic nitrogens is 5. The third-order valence-electron chi connectivity index (χ3n) is 5.11. The van der Waals surface area contributed by atoms with E-state index in [0.717, 1.165) is 50.0 Å². The lowest BCUT2D eigenvalue weighted by Gasteiger charge is -2.11. The summed E-state index contributed by atoms with van der Waals surface area (Å²) in [7, 11) is 0. The number of benzene rings is 3. The van der Waals surface area contributed by atoms with Gasteiger partial charge in [-0.25, -0.2) is 9.97 Å². The molecule has 132 valence electrons. The first kappa shape index (κ1) is 15.1. The highest BCUT2D eigenvalue weighted by molar-refractivity contribution is 5.95. The molecule has 0 spiro atoms. The lowest BCUT2D eigenvalue weighted by atomic mass is 10.1. The Morgan fingerprint density at radius 3 is 2.57 bits per heavy atom. The minimum atomic E-state index is 0.902. The number of pyridine rings is 1. The third kappa shape index (κ3) is 2.16. The SMILES string of the molecule is c1ccc2c(-c3nc4ccccc4n3-c3ccc4nc[nH]c4c3)ccnc2c1. The van der Waals surface area contributed by atoms with Crippen LogP contribution in [0, 0.1) is 0 Å². The highest BCUT2D eigenvalue weighted by Gasteiger charge is 2.16. The van der Waals surface area contributed by atoms with Gasteiger partial charge in [-0.1, -0.05) is 30.3 Å². The summed E-state index contributed by atoms with van der Waals surface area (Å²) in [5, 5.41) is 1.09. The molecule has 0 fully saturated rings. The van der Waals surface area contributed by atoms with Crippen molar-refractivity contribution in [3.8, 4) is 17.1 Å². The van der Waals surface area contributed by atoms with Gasteiger partial charge in [0.05, 0.1) is 33.9 Å². The fourth-order valence-electron chi connectivity index (χ4n) is 3.82. The van der Waals surface area contributed by atoms with Crippen LogP contribution in [0.2, 0.25) is 0 Å². The molecule has 0 saturated heterocycles. The van der Waals surface area contributed by atoms with Crippen LogP contribution in [-0.2, 0) is 0 Å². The molecular formula is C23H15N5. The van der Waals surface area contributed by atoms with E-state index < -0.39 is 0 Å². The van der Waals surface area contributed by atoms with Gasteiger partial charge in [0.2, 0.25) is 0 Å². The Hall–Kier alpha value is -3.99. The standard InChI is InChI=1S/C23H15N5/c1-2-6-18-16(5-1)17(11-12-24-18)23-27-20-7-3-4-8-22(20)28(23)15-9-10-19-21(13-15)26-14-25-19/h1-14H,(H,25,26). The maximum Gasteiger partial charge on any atom is 0.146 e. The van der Waals surface area contributed by atoms with E-state index in [9.17, 15) is 0 Å². The number of aromatic amines is 1. The highest BCUT2D eigenvalue weighted by atomic mass is 15.1. The van der Waals surface area contributed by atoms with Crippen molar-refractivity contribution >= 4 is 33.0 Å². The average molecular weight is 361 g/mol. The van der Waals surface area contributed by atoms with Crippen LogP contribution in [0.3, 0.4) is 0 Å². The van der Waals surface area contributed by atoms with Crippen LogP contribution in [0.15, 0.2) is 85.3 Å². The van der Waals surface area contributed by atoms with E-state index in [-0.39, 0.29) is 0 Å². The van der Waals surface area contributed by atoms with Crippen LogP contribution in [0.1, 0.15) is 0 Å². The van der Waals surface area contributed by atoms with E-state index in [1.165, 1.54) is 0 Å². The molecule has 0 bridgehead atoms. The quantitative estimate of drug-likeness (QED) is 0.466. The second-order valence-corrected chi connectivity index (χ2v) is 6.74. The number of rotatable bonds is 2. The summed E-state index contributed by atoms with van der Waals surface area (Å²) in [6.45, 7) is 0. The molecule has 6 aromatic rings. The molecule has 0 radical (unpaired) electrons. The number of hydrogen-bond acceptors (Lipinski definition) is 3. The molecule has 0 aliphatic carbocycles.